The zero-order chi connectivity index (χ0) is 15.4. The van der Waals surface area contributed by atoms with Crippen molar-refractivity contribution in [1.82, 2.24) is 14.7 Å². The monoisotopic (exact) mass is 355 g/mol. The first-order chi connectivity index (χ1) is 10.7. The Balaban J connectivity index is 0.00000144. The van der Waals surface area contributed by atoms with Crippen LogP contribution in [0, 0.1) is 0 Å². The van der Waals surface area contributed by atoms with Crippen molar-refractivity contribution < 1.29 is 5.48 Å². The molecule has 1 aromatic rings. The summed E-state index contributed by atoms with van der Waals surface area (Å²) < 4.78 is 0. The number of benzene rings is 1. The lowest BCUT2D eigenvalue weighted by Crippen LogP contribution is -2.60. The predicted octanol–water partition coefficient (Wildman–Crippen LogP) is 2.27. The van der Waals surface area contributed by atoms with Crippen molar-refractivity contribution in [3.8, 4) is 0 Å². The van der Waals surface area contributed by atoms with Crippen molar-refractivity contribution >= 4 is 12.4 Å². The zero-order valence-electron chi connectivity index (χ0n) is 15.2. The molecular formula is C19H34ClN3O. The molecule has 3 rings (SSSR count). The molecule has 2 atom stereocenters. The number of piperidine rings is 1. The number of hydrogen-bond donors (Lipinski definition) is 0. The minimum Gasteiger partial charge on any atom is -0.412 e. The van der Waals surface area contributed by atoms with Crippen LogP contribution in [0.3, 0.4) is 0 Å². The van der Waals surface area contributed by atoms with E-state index in [1.54, 1.807) is 0 Å². The first-order valence-electron chi connectivity index (χ1n) is 8.89. The minimum absolute atomic E-state index is 0. The first-order valence-corrected chi connectivity index (χ1v) is 8.89. The summed E-state index contributed by atoms with van der Waals surface area (Å²) >= 11 is 0. The average Bonchev–Trinajstić information content (AvgIpc) is 2.48. The molecule has 0 aromatic heterocycles. The number of fused-ring (bicyclic) bond motifs is 2. The van der Waals surface area contributed by atoms with Crippen LogP contribution in [0.5, 0.6) is 0 Å². The second-order valence-electron chi connectivity index (χ2n) is 7.31. The number of hydrogen-bond acceptors (Lipinski definition) is 3. The van der Waals surface area contributed by atoms with Crippen LogP contribution in [0.15, 0.2) is 30.3 Å². The van der Waals surface area contributed by atoms with Crippen LogP contribution in [0.25, 0.3) is 0 Å². The molecular weight excluding hydrogens is 322 g/mol. The summed E-state index contributed by atoms with van der Waals surface area (Å²) in [5.74, 6) is 0. The third-order valence-electron chi connectivity index (χ3n) is 5.22. The van der Waals surface area contributed by atoms with Gasteiger partial charge in [0, 0.05) is 38.3 Å². The van der Waals surface area contributed by atoms with Gasteiger partial charge in [-0.05, 0) is 45.5 Å². The van der Waals surface area contributed by atoms with Crippen LogP contribution in [0.1, 0.15) is 31.2 Å². The molecule has 138 valence electrons. The van der Waals surface area contributed by atoms with Crippen molar-refractivity contribution in [3.05, 3.63) is 35.9 Å². The molecule has 2 unspecified atom stereocenters. The van der Waals surface area contributed by atoms with E-state index in [4.69, 9.17) is 0 Å². The molecule has 0 spiro atoms. The van der Waals surface area contributed by atoms with E-state index < -0.39 is 0 Å². The summed E-state index contributed by atoms with van der Waals surface area (Å²) in [6.07, 6.45) is 5.52. The summed E-state index contributed by atoms with van der Waals surface area (Å²) in [5, 5.41) is 0. The van der Waals surface area contributed by atoms with Crippen LogP contribution < -0.4 is 0 Å². The maximum atomic E-state index is 2.83. The topological polar surface area (TPSA) is 41.2 Å². The third-order valence-corrected chi connectivity index (χ3v) is 5.22. The molecule has 1 aromatic carbocycles. The Labute approximate surface area is 153 Å². The SMILES string of the molecule is CN(C)CCCN1C2CCCC1CN(Cc1ccccc1)C2.Cl.O. The molecule has 2 bridgehead atoms. The Bertz CT molecular complexity index is 443. The summed E-state index contributed by atoms with van der Waals surface area (Å²) in [7, 11) is 4.36. The number of halogens is 1. The predicted molar refractivity (Wildman–Crippen MR) is 104 cm³/mol. The van der Waals surface area contributed by atoms with E-state index in [1.807, 2.05) is 0 Å². The zero-order valence-corrected chi connectivity index (χ0v) is 16.0. The van der Waals surface area contributed by atoms with Crippen molar-refractivity contribution in [2.24, 2.45) is 0 Å². The second-order valence-corrected chi connectivity index (χ2v) is 7.31. The standard InChI is InChI=1S/C19H31N3.ClH.H2O/c1-20(2)12-7-13-22-18-10-6-11-19(22)16-21(15-18)14-17-8-4-3-5-9-17;;/h3-5,8-9,18-19H,6-7,10-16H2,1-2H3;1H;1H2. The lowest BCUT2D eigenvalue weighted by atomic mass is 9.90. The first kappa shape index (κ1) is 21.4. The third kappa shape index (κ3) is 5.71. The second kappa shape index (κ2) is 10.4. The van der Waals surface area contributed by atoms with Crippen molar-refractivity contribution in [3.63, 3.8) is 0 Å². The Morgan fingerprint density at radius 2 is 1.67 bits per heavy atom. The van der Waals surface area contributed by atoms with E-state index in [-0.39, 0.29) is 17.9 Å². The molecule has 24 heavy (non-hydrogen) atoms. The van der Waals surface area contributed by atoms with Gasteiger partial charge >= 0.3 is 0 Å². The fourth-order valence-corrected chi connectivity index (χ4v) is 4.19. The molecule has 4 nitrogen and oxygen atoms in total. The lowest BCUT2D eigenvalue weighted by molar-refractivity contribution is -0.0134. The van der Waals surface area contributed by atoms with Gasteiger partial charge in [0.15, 0.2) is 0 Å². The molecule has 5 heteroatoms. The molecule has 2 fully saturated rings. The van der Waals surface area contributed by atoms with E-state index in [1.165, 1.54) is 57.4 Å². The van der Waals surface area contributed by atoms with E-state index in [0.717, 1.165) is 18.6 Å². The maximum Gasteiger partial charge on any atom is 0.0235 e. The van der Waals surface area contributed by atoms with E-state index >= 15 is 0 Å². The quantitative estimate of drug-likeness (QED) is 0.786. The molecule has 2 saturated heterocycles. The highest BCUT2D eigenvalue weighted by atomic mass is 35.5. The Morgan fingerprint density at radius 3 is 2.25 bits per heavy atom. The molecule has 2 N–H and O–H groups in total. The van der Waals surface area contributed by atoms with Gasteiger partial charge in [-0.25, -0.2) is 0 Å². The molecule has 0 amide bonds. The number of rotatable bonds is 6. The van der Waals surface area contributed by atoms with Gasteiger partial charge < -0.3 is 10.4 Å². The smallest absolute Gasteiger partial charge is 0.0235 e. The van der Waals surface area contributed by atoms with E-state index in [9.17, 15) is 0 Å². The van der Waals surface area contributed by atoms with Crippen molar-refractivity contribution in [1.29, 1.82) is 0 Å². The van der Waals surface area contributed by atoms with Crippen LogP contribution in [-0.4, -0.2) is 72.5 Å². The van der Waals surface area contributed by atoms with Gasteiger partial charge in [0.2, 0.25) is 0 Å². The molecule has 0 radical (unpaired) electrons. The van der Waals surface area contributed by atoms with Crippen LogP contribution >= 0.6 is 12.4 Å². The summed E-state index contributed by atoms with van der Waals surface area (Å²) in [6.45, 7) is 6.14. The van der Waals surface area contributed by atoms with Crippen molar-refractivity contribution in [2.45, 2.75) is 44.3 Å². The van der Waals surface area contributed by atoms with Gasteiger partial charge in [0.1, 0.15) is 0 Å². The van der Waals surface area contributed by atoms with Gasteiger partial charge in [-0.2, -0.15) is 0 Å². The maximum absolute atomic E-state index is 2.83. The molecule has 0 aliphatic carbocycles. The van der Waals surface area contributed by atoms with Crippen molar-refractivity contribution in [2.75, 3.05) is 40.3 Å². The van der Waals surface area contributed by atoms with Crippen LogP contribution in [0.2, 0.25) is 0 Å². The Hall–Kier alpha value is -0.650. The van der Waals surface area contributed by atoms with Gasteiger partial charge in [0.05, 0.1) is 0 Å². The summed E-state index contributed by atoms with van der Waals surface area (Å²) in [4.78, 5) is 7.82. The minimum atomic E-state index is 0. The average molecular weight is 356 g/mol. The Morgan fingerprint density at radius 1 is 1.04 bits per heavy atom. The lowest BCUT2D eigenvalue weighted by Gasteiger charge is -2.50. The molecule has 2 heterocycles. The molecule has 0 saturated carbocycles. The fraction of sp³-hybridized carbons (Fsp3) is 0.684. The van der Waals surface area contributed by atoms with Gasteiger partial charge in [-0.3, -0.25) is 9.80 Å². The van der Waals surface area contributed by atoms with Gasteiger partial charge in [-0.1, -0.05) is 36.8 Å². The fourth-order valence-electron chi connectivity index (χ4n) is 4.19. The summed E-state index contributed by atoms with van der Waals surface area (Å²) in [5.41, 5.74) is 1.46. The highest BCUT2D eigenvalue weighted by molar-refractivity contribution is 5.85. The highest BCUT2D eigenvalue weighted by Gasteiger charge is 2.36. The summed E-state index contributed by atoms with van der Waals surface area (Å²) in [6, 6.07) is 12.5. The largest absolute Gasteiger partial charge is 0.412 e. The molecule has 2 aliphatic heterocycles. The Kier molecular flexibility index (Phi) is 9.24. The molecule has 2 aliphatic rings. The van der Waals surface area contributed by atoms with E-state index in [2.05, 4.69) is 59.1 Å². The van der Waals surface area contributed by atoms with Gasteiger partial charge in [-0.15, -0.1) is 12.4 Å². The number of nitrogens with zero attached hydrogens (tertiary/aromatic N) is 3. The van der Waals surface area contributed by atoms with Crippen LogP contribution in [0.4, 0.5) is 0 Å². The number of piperazine rings is 1. The highest BCUT2D eigenvalue weighted by Crippen LogP contribution is 2.29. The van der Waals surface area contributed by atoms with Crippen LogP contribution in [-0.2, 0) is 6.54 Å². The van der Waals surface area contributed by atoms with Gasteiger partial charge in [0.25, 0.3) is 0 Å². The van der Waals surface area contributed by atoms with E-state index in [0.29, 0.717) is 0 Å². The number of likely N-dealkylation sites (tertiary alicyclic amines) is 1. The normalized spacial score (nSPS) is 24.3.